The van der Waals surface area contributed by atoms with E-state index in [-0.39, 0.29) is 0 Å². The number of nitrogens with one attached hydrogen (secondary N) is 2. The summed E-state index contributed by atoms with van der Waals surface area (Å²) in [7, 11) is 0. The van der Waals surface area contributed by atoms with Crippen LogP contribution >= 0.6 is 0 Å². The van der Waals surface area contributed by atoms with Crippen molar-refractivity contribution in [3.05, 3.63) is 35.9 Å². The molecule has 2 N–H and O–H groups in total. The van der Waals surface area contributed by atoms with Gasteiger partial charge in [-0.3, -0.25) is 0 Å². The molecule has 2 nitrogen and oxygen atoms in total. The van der Waals surface area contributed by atoms with E-state index in [2.05, 4.69) is 47.9 Å². The quantitative estimate of drug-likeness (QED) is 0.831. The van der Waals surface area contributed by atoms with Gasteiger partial charge in [-0.05, 0) is 43.3 Å². The lowest BCUT2D eigenvalue weighted by Crippen LogP contribution is -2.28. The van der Waals surface area contributed by atoms with Crippen LogP contribution < -0.4 is 10.6 Å². The maximum atomic E-state index is 3.73. The van der Waals surface area contributed by atoms with Crippen molar-refractivity contribution in [1.29, 1.82) is 0 Å². The molecule has 1 aromatic carbocycles. The summed E-state index contributed by atoms with van der Waals surface area (Å²) in [6.07, 6.45) is 3.96. The Morgan fingerprint density at radius 3 is 2.89 bits per heavy atom. The Hall–Kier alpha value is -0.860. The molecule has 1 aliphatic heterocycles. The van der Waals surface area contributed by atoms with Crippen LogP contribution in [0.1, 0.15) is 37.7 Å². The molecule has 0 amide bonds. The summed E-state index contributed by atoms with van der Waals surface area (Å²) in [6, 6.07) is 11.6. The number of hydrogen-bond acceptors (Lipinski definition) is 2. The fraction of sp³-hybridized carbons (Fsp3) is 0.625. The first-order valence-electron chi connectivity index (χ1n) is 7.26. The molecule has 1 saturated heterocycles. The van der Waals surface area contributed by atoms with Crippen molar-refractivity contribution in [3.8, 4) is 0 Å². The molecule has 3 rings (SSSR count). The van der Waals surface area contributed by atoms with E-state index in [1.165, 1.54) is 44.5 Å². The molecule has 0 radical (unpaired) electrons. The molecule has 98 valence electrons. The molecular formula is C16H24N2. The van der Waals surface area contributed by atoms with Crippen LogP contribution in [0.4, 0.5) is 0 Å². The molecule has 18 heavy (non-hydrogen) atoms. The zero-order valence-corrected chi connectivity index (χ0v) is 11.3. The number of benzene rings is 1. The van der Waals surface area contributed by atoms with E-state index in [0.717, 1.165) is 12.0 Å². The molecule has 1 aliphatic carbocycles. The Morgan fingerprint density at radius 1 is 1.33 bits per heavy atom. The van der Waals surface area contributed by atoms with Crippen molar-refractivity contribution in [2.45, 2.75) is 38.1 Å². The van der Waals surface area contributed by atoms with Crippen LogP contribution in [0.15, 0.2) is 30.3 Å². The fourth-order valence-electron chi connectivity index (χ4n) is 3.13. The molecule has 0 bridgehead atoms. The minimum atomic E-state index is 0.532. The minimum Gasteiger partial charge on any atom is -0.316 e. The highest BCUT2D eigenvalue weighted by atomic mass is 15.0. The first-order valence-corrected chi connectivity index (χ1v) is 7.26. The van der Waals surface area contributed by atoms with E-state index >= 15 is 0 Å². The summed E-state index contributed by atoms with van der Waals surface area (Å²) in [4.78, 5) is 0. The van der Waals surface area contributed by atoms with Gasteiger partial charge in [-0.1, -0.05) is 37.3 Å². The molecule has 2 fully saturated rings. The molecular weight excluding hydrogens is 220 g/mol. The fourth-order valence-corrected chi connectivity index (χ4v) is 3.13. The second kappa shape index (κ2) is 5.02. The zero-order valence-electron chi connectivity index (χ0n) is 11.3. The molecule has 1 saturated carbocycles. The lowest BCUT2D eigenvalue weighted by Gasteiger charge is -2.22. The maximum absolute atomic E-state index is 3.73. The van der Waals surface area contributed by atoms with Crippen LogP contribution in [0.25, 0.3) is 0 Å². The van der Waals surface area contributed by atoms with Gasteiger partial charge in [0.15, 0.2) is 0 Å². The first kappa shape index (κ1) is 12.2. The average Bonchev–Trinajstić information content (AvgIpc) is 3.04. The van der Waals surface area contributed by atoms with Gasteiger partial charge < -0.3 is 10.6 Å². The van der Waals surface area contributed by atoms with E-state index in [4.69, 9.17) is 0 Å². The molecule has 2 heteroatoms. The smallest absolute Gasteiger partial charge is 0.0143 e. The van der Waals surface area contributed by atoms with Crippen LogP contribution in [0.5, 0.6) is 0 Å². The molecule has 1 aromatic rings. The standard InChI is InChI=1S/C16H24N2/c1-16(7-9-17-12-16)8-10-18-15-11-14(15)13-5-3-2-4-6-13/h2-6,14-15,17-18H,7-12H2,1H3. The molecule has 3 atom stereocenters. The van der Waals surface area contributed by atoms with Crippen molar-refractivity contribution in [3.63, 3.8) is 0 Å². The van der Waals surface area contributed by atoms with E-state index in [9.17, 15) is 0 Å². The van der Waals surface area contributed by atoms with Crippen molar-refractivity contribution in [2.75, 3.05) is 19.6 Å². The lowest BCUT2D eigenvalue weighted by atomic mass is 9.86. The average molecular weight is 244 g/mol. The topological polar surface area (TPSA) is 24.1 Å². The van der Waals surface area contributed by atoms with E-state index in [1.807, 2.05) is 0 Å². The van der Waals surface area contributed by atoms with Crippen molar-refractivity contribution < 1.29 is 0 Å². The molecule has 2 aliphatic rings. The monoisotopic (exact) mass is 244 g/mol. The summed E-state index contributed by atoms with van der Waals surface area (Å²) in [5, 5.41) is 7.20. The SMILES string of the molecule is CC1(CCNC2CC2c2ccccc2)CCNC1. The van der Waals surface area contributed by atoms with Crippen molar-refractivity contribution >= 4 is 0 Å². The van der Waals surface area contributed by atoms with Crippen LogP contribution in [0.3, 0.4) is 0 Å². The molecule has 1 heterocycles. The normalized spacial score (nSPS) is 34.7. The van der Waals surface area contributed by atoms with Gasteiger partial charge in [0.05, 0.1) is 0 Å². The predicted octanol–water partition coefficient (Wildman–Crippen LogP) is 2.52. The Kier molecular flexibility index (Phi) is 3.40. The van der Waals surface area contributed by atoms with Gasteiger partial charge in [0.2, 0.25) is 0 Å². The van der Waals surface area contributed by atoms with Gasteiger partial charge >= 0.3 is 0 Å². The van der Waals surface area contributed by atoms with Gasteiger partial charge in [0, 0.05) is 18.5 Å². The number of rotatable bonds is 5. The summed E-state index contributed by atoms with van der Waals surface area (Å²) in [5.74, 6) is 0.765. The maximum Gasteiger partial charge on any atom is 0.0143 e. The minimum absolute atomic E-state index is 0.532. The van der Waals surface area contributed by atoms with Crippen LogP contribution in [-0.2, 0) is 0 Å². The van der Waals surface area contributed by atoms with Gasteiger partial charge in [0.1, 0.15) is 0 Å². The largest absolute Gasteiger partial charge is 0.316 e. The van der Waals surface area contributed by atoms with Crippen molar-refractivity contribution in [1.82, 2.24) is 10.6 Å². The summed E-state index contributed by atoms with van der Waals surface area (Å²) in [5.41, 5.74) is 2.04. The second-order valence-electron chi connectivity index (χ2n) is 6.30. The van der Waals surface area contributed by atoms with Gasteiger partial charge in [-0.15, -0.1) is 0 Å². The molecule has 3 unspecified atom stereocenters. The third-order valence-corrected chi connectivity index (χ3v) is 4.61. The van der Waals surface area contributed by atoms with Crippen molar-refractivity contribution in [2.24, 2.45) is 5.41 Å². The molecule has 0 aromatic heterocycles. The Morgan fingerprint density at radius 2 is 2.17 bits per heavy atom. The Labute approximate surface area is 110 Å². The summed E-state index contributed by atoms with van der Waals surface area (Å²) in [6.45, 7) is 5.98. The van der Waals surface area contributed by atoms with E-state index in [1.54, 1.807) is 0 Å². The van der Waals surface area contributed by atoms with Gasteiger partial charge in [-0.25, -0.2) is 0 Å². The molecule has 0 spiro atoms. The highest BCUT2D eigenvalue weighted by Gasteiger charge is 2.38. The van der Waals surface area contributed by atoms with Crippen LogP contribution in [0.2, 0.25) is 0 Å². The van der Waals surface area contributed by atoms with Crippen LogP contribution in [0, 0.1) is 5.41 Å². The predicted molar refractivity (Wildman–Crippen MR) is 75.8 cm³/mol. The van der Waals surface area contributed by atoms with Crippen LogP contribution in [-0.4, -0.2) is 25.7 Å². The Balaban J connectivity index is 1.41. The highest BCUT2D eigenvalue weighted by molar-refractivity contribution is 5.27. The third-order valence-electron chi connectivity index (χ3n) is 4.61. The second-order valence-corrected chi connectivity index (χ2v) is 6.30. The third kappa shape index (κ3) is 2.76. The highest BCUT2D eigenvalue weighted by Crippen LogP contribution is 2.40. The Bertz CT molecular complexity index is 381. The summed E-state index contributed by atoms with van der Waals surface area (Å²) >= 11 is 0. The van der Waals surface area contributed by atoms with E-state index in [0.29, 0.717) is 5.41 Å². The lowest BCUT2D eigenvalue weighted by molar-refractivity contribution is 0.326. The zero-order chi connectivity index (χ0) is 12.4. The van der Waals surface area contributed by atoms with Gasteiger partial charge in [0.25, 0.3) is 0 Å². The first-order chi connectivity index (χ1) is 8.77. The van der Waals surface area contributed by atoms with E-state index < -0.39 is 0 Å². The summed E-state index contributed by atoms with van der Waals surface area (Å²) < 4.78 is 0. The number of hydrogen-bond donors (Lipinski definition) is 2. The van der Waals surface area contributed by atoms with Gasteiger partial charge in [-0.2, -0.15) is 0 Å².